The van der Waals surface area contributed by atoms with Crippen molar-refractivity contribution in [3.63, 3.8) is 0 Å². The summed E-state index contributed by atoms with van der Waals surface area (Å²) in [5, 5.41) is 14.7. The molecule has 1 saturated carbocycles. The first-order valence-corrected chi connectivity index (χ1v) is 7.38. The van der Waals surface area contributed by atoms with Crippen molar-refractivity contribution < 1.29 is 14.7 Å². The number of carboxylic acids is 1. The molecule has 1 aromatic carbocycles. The first-order chi connectivity index (χ1) is 9.97. The van der Waals surface area contributed by atoms with E-state index in [2.05, 4.69) is 5.32 Å². The van der Waals surface area contributed by atoms with Crippen LogP contribution in [0.25, 0.3) is 0 Å². The Balaban J connectivity index is 1.80. The highest BCUT2D eigenvalue weighted by molar-refractivity contribution is 6.42. The van der Waals surface area contributed by atoms with Crippen molar-refractivity contribution in [2.45, 2.75) is 6.42 Å². The molecular weight excluding hydrogens is 313 g/mol. The van der Waals surface area contributed by atoms with E-state index in [9.17, 15) is 14.7 Å². The minimum atomic E-state index is -1.17. The number of allylic oxidation sites excluding steroid dienone is 2. The van der Waals surface area contributed by atoms with Crippen LogP contribution in [0.2, 0.25) is 10.0 Å². The van der Waals surface area contributed by atoms with E-state index in [1.54, 1.807) is 18.2 Å². The van der Waals surface area contributed by atoms with Gasteiger partial charge in [-0.15, -0.1) is 0 Å². The second-order valence-electron chi connectivity index (χ2n) is 5.44. The van der Waals surface area contributed by atoms with Gasteiger partial charge in [-0.05, 0) is 36.5 Å². The molecular formula is C15H12Cl2NO3-. The number of aliphatic carboxylic acids is 1. The molecule has 3 rings (SSSR count). The van der Waals surface area contributed by atoms with E-state index in [-0.39, 0.29) is 17.7 Å². The number of rotatable bonds is 3. The van der Waals surface area contributed by atoms with Crippen molar-refractivity contribution in [3.05, 3.63) is 40.4 Å². The molecule has 0 unspecified atom stereocenters. The van der Waals surface area contributed by atoms with Crippen molar-refractivity contribution in [3.8, 4) is 0 Å². The van der Waals surface area contributed by atoms with Crippen LogP contribution in [0.5, 0.6) is 0 Å². The molecule has 0 heterocycles. The predicted molar refractivity (Wildman–Crippen MR) is 77.8 cm³/mol. The highest BCUT2D eigenvalue weighted by atomic mass is 35.5. The highest BCUT2D eigenvalue weighted by Crippen LogP contribution is 2.48. The Morgan fingerprint density at radius 3 is 2.38 bits per heavy atom. The molecule has 4 nitrogen and oxygen atoms in total. The van der Waals surface area contributed by atoms with Gasteiger partial charge in [-0.25, -0.2) is 0 Å². The van der Waals surface area contributed by atoms with Gasteiger partial charge in [0.2, 0.25) is 5.91 Å². The highest BCUT2D eigenvalue weighted by Gasteiger charge is 2.48. The lowest BCUT2D eigenvalue weighted by Crippen LogP contribution is -2.42. The van der Waals surface area contributed by atoms with E-state index < -0.39 is 17.8 Å². The quantitative estimate of drug-likeness (QED) is 0.866. The lowest BCUT2D eigenvalue weighted by molar-refractivity contribution is -0.313. The molecule has 110 valence electrons. The zero-order valence-corrected chi connectivity index (χ0v) is 12.4. The fourth-order valence-corrected chi connectivity index (χ4v) is 3.60. The van der Waals surface area contributed by atoms with Gasteiger partial charge in [-0.3, -0.25) is 4.79 Å². The molecule has 0 radical (unpaired) electrons. The molecule has 0 aromatic heterocycles. The summed E-state index contributed by atoms with van der Waals surface area (Å²) in [5.74, 6) is -2.99. The summed E-state index contributed by atoms with van der Waals surface area (Å²) in [6.07, 6.45) is 4.48. The van der Waals surface area contributed by atoms with E-state index in [4.69, 9.17) is 23.2 Å². The summed E-state index contributed by atoms with van der Waals surface area (Å²) >= 11 is 11.7. The molecule has 6 heteroatoms. The summed E-state index contributed by atoms with van der Waals surface area (Å²) in [6, 6.07) is 4.75. The molecule has 1 N–H and O–H groups in total. The van der Waals surface area contributed by atoms with Crippen LogP contribution >= 0.6 is 23.2 Å². The lowest BCUT2D eigenvalue weighted by Gasteiger charge is -2.27. The Bertz CT molecular complexity index is 644. The Morgan fingerprint density at radius 1 is 1.10 bits per heavy atom. The van der Waals surface area contributed by atoms with Gasteiger partial charge in [-0.1, -0.05) is 35.4 Å². The Hall–Kier alpha value is -1.52. The Morgan fingerprint density at radius 2 is 1.76 bits per heavy atom. The summed E-state index contributed by atoms with van der Waals surface area (Å²) in [5.41, 5.74) is 0.498. The summed E-state index contributed by atoms with van der Waals surface area (Å²) in [4.78, 5) is 23.7. The van der Waals surface area contributed by atoms with Gasteiger partial charge in [0.05, 0.1) is 16.0 Å². The largest absolute Gasteiger partial charge is 0.550 e. The first-order valence-electron chi connectivity index (χ1n) is 6.62. The molecule has 4 atom stereocenters. The third-order valence-electron chi connectivity index (χ3n) is 4.22. The number of carbonyl (C=O) groups excluding carboxylic acids is 2. The normalized spacial score (nSPS) is 29.6. The topological polar surface area (TPSA) is 69.2 Å². The maximum atomic E-state index is 12.4. The predicted octanol–water partition coefficient (Wildman–Crippen LogP) is 2.12. The number of amides is 1. The second kappa shape index (κ2) is 5.35. The van der Waals surface area contributed by atoms with Crippen LogP contribution in [-0.2, 0) is 9.59 Å². The van der Waals surface area contributed by atoms with Gasteiger partial charge in [0.25, 0.3) is 0 Å². The van der Waals surface area contributed by atoms with Gasteiger partial charge < -0.3 is 15.2 Å². The van der Waals surface area contributed by atoms with Crippen LogP contribution in [-0.4, -0.2) is 11.9 Å². The van der Waals surface area contributed by atoms with Crippen molar-refractivity contribution in [2.75, 3.05) is 5.32 Å². The first kappa shape index (κ1) is 14.4. The van der Waals surface area contributed by atoms with E-state index in [0.717, 1.165) is 0 Å². The third-order valence-corrected chi connectivity index (χ3v) is 4.96. The van der Waals surface area contributed by atoms with Crippen LogP contribution in [0.4, 0.5) is 5.69 Å². The number of carboxylic acid groups (broad SMARTS) is 1. The number of anilines is 1. The van der Waals surface area contributed by atoms with E-state index in [1.807, 2.05) is 12.2 Å². The maximum Gasteiger partial charge on any atom is 0.228 e. The molecule has 2 aliphatic rings. The zero-order chi connectivity index (χ0) is 15.1. The van der Waals surface area contributed by atoms with Crippen LogP contribution in [0.1, 0.15) is 6.42 Å². The molecule has 0 saturated heterocycles. The molecule has 2 bridgehead atoms. The van der Waals surface area contributed by atoms with Crippen LogP contribution in [0.3, 0.4) is 0 Å². The van der Waals surface area contributed by atoms with Crippen LogP contribution in [0.15, 0.2) is 30.4 Å². The van der Waals surface area contributed by atoms with Crippen molar-refractivity contribution in [2.24, 2.45) is 23.7 Å². The monoisotopic (exact) mass is 324 g/mol. The van der Waals surface area contributed by atoms with E-state index in [1.165, 1.54) is 0 Å². The van der Waals surface area contributed by atoms with Crippen molar-refractivity contribution in [1.29, 1.82) is 0 Å². The fraction of sp³-hybridized carbons (Fsp3) is 0.333. The van der Waals surface area contributed by atoms with Gasteiger partial charge in [0.1, 0.15) is 0 Å². The molecule has 0 aliphatic heterocycles. The molecule has 0 spiro atoms. The van der Waals surface area contributed by atoms with Crippen molar-refractivity contribution in [1.82, 2.24) is 0 Å². The molecule has 1 fully saturated rings. The molecule has 1 amide bonds. The number of carbonyl (C=O) groups is 2. The zero-order valence-electron chi connectivity index (χ0n) is 10.9. The van der Waals surface area contributed by atoms with Gasteiger partial charge in [-0.2, -0.15) is 0 Å². The Kier molecular flexibility index (Phi) is 3.68. The SMILES string of the molecule is O=C([O-])[C@H]1[C@H](C(=O)Nc2ccc(Cl)c(Cl)c2)[C@H]2C=C[C@@H]1C2. The number of hydrogen-bond donors (Lipinski definition) is 1. The number of hydrogen-bond acceptors (Lipinski definition) is 3. The van der Waals surface area contributed by atoms with Crippen LogP contribution in [0, 0.1) is 23.7 Å². The second-order valence-corrected chi connectivity index (χ2v) is 6.25. The average molecular weight is 325 g/mol. The lowest BCUT2D eigenvalue weighted by atomic mass is 9.82. The van der Waals surface area contributed by atoms with Crippen LogP contribution < -0.4 is 10.4 Å². The molecule has 21 heavy (non-hydrogen) atoms. The molecule has 2 aliphatic carbocycles. The van der Waals surface area contributed by atoms with Crippen molar-refractivity contribution >= 4 is 40.8 Å². The maximum absolute atomic E-state index is 12.4. The summed E-state index contributed by atoms with van der Waals surface area (Å²) < 4.78 is 0. The minimum absolute atomic E-state index is 0.0410. The Labute approximate surface area is 131 Å². The summed E-state index contributed by atoms with van der Waals surface area (Å²) in [6.45, 7) is 0. The summed E-state index contributed by atoms with van der Waals surface area (Å²) in [7, 11) is 0. The van der Waals surface area contributed by atoms with Gasteiger partial charge >= 0.3 is 0 Å². The third kappa shape index (κ3) is 2.54. The smallest absolute Gasteiger partial charge is 0.228 e. The minimum Gasteiger partial charge on any atom is -0.550 e. The average Bonchev–Trinajstić information content (AvgIpc) is 3.03. The van der Waals surface area contributed by atoms with Gasteiger partial charge in [0.15, 0.2) is 0 Å². The molecule has 1 aromatic rings. The number of benzene rings is 1. The van der Waals surface area contributed by atoms with E-state index >= 15 is 0 Å². The number of nitrogens with one attached hydrogen (secondary N) is 1. The fourth-order valence-electron chi connectivity index (χ4n) is 3.30. The number of fused-ring (bicyclic) bond motifs is 2. The standard InChI is InChI=1S/C15H13Cl2NO3/c16-10-4-3-9(6-11(10)17)18-14(19)12-7-1-2-8(5-7)13(12)15(20)21/h1-4,6-8,12-13H,5H2,(H,18,19)(H,20,21)/p-1/t7-,8+,12+,13+/m0/s1. The van der Waals surface area contributed by atoms with E-state index in [0.29, 0.717) is 22.2 Å². The number of halogens is 2. The van der Waals surface area contributed by atoms with Gasteiger partial charge in [0, 0.05) is 17.6 Å².